The SMILES string of the molecule is C=C(O)/C(C)=C(/C)CS/C(=N/N)N(C)N. The first-order chi connectivity index (χ1) is 6.90. The third-order valence-corrected chi connectivity index (χ3v) is 3.13. The Kier molecular flexibility index (Phi) is 5.88. The van der Waals surface area contributed by atoms with Gasteiger partial charge in [0.15, 0.2) is 5.17 Å². The van der Waals surface area contributed by atoms with E-state index in [1.165, 1.54) is 16.8 Å². The van der Waals surface area contributed by atoms with Gasteiger partial charge in [-0.2, -0.15) is 5.10 Å². The molecule has 0 radical (unpaired) electrons. The molecule has 0 aliphatic rings. The van der Waals surface area contributed by atoms with Crippen LogP contribution in [-0.4, -0.2) is 28.1 Å². The number of nitrogens with zero attached hydrogens (tertiary/aromatic N) is 2. The van der Waals surface area contributed by atoms with Crippen molar-refractivity contribution in [1.82, 2.24) is 5.01 Å². The van der Waals surface area contributed by atoms with Gasteiger partial charge in [0.05, 0.1) is 0 Å². The first-order valence-corrected chi connectivity index (χ1v) is 5.32. The molecule has 0 aliphatic carbocycles. The maximum absolute atomic E-state index is 9.17. The minimum Gasteiger partial charge on any atom is -0.508 e. The van der Waals surface area contributed by atoms with Gasteiger partial charge >= 0.3 is 0 Å². The van der Waals surface area contributed by atoms with E-state index in [0.717, 1.165) is 11.1 Å². The smallest absolute Gasteiger partial charge is 0.196 e. The molecule has 0 unspecified atom stereocenters. The molecular formula is C9H18N4OS. The molecule has 15 heavy (non-hydrogen) atoms. The summed E-state index contributed by atoms with van der Waals surface area (Å²) in [4.78, 5) is 0. The Morgan fingerprint density at radius 3 is 2.40 bits per heavy atom. The van der Waals surface area contributed by atoms with Crippen LogP contribution in [0.15, 0.2) is 28.6 Å². The van der Waals surface area contributed by atoms with E-state index in [2.05, 4.69) is 11.7 Å². The van der Waals surface area contributed by atoms with Crippen LogP contribution in [0, 0.1) is 0 Å². The highest BCUT2D eigenvalue weighted by Crippen LogP contribution is 2.16. The highest BCUT2D eigenvalue weighted by Gasteiger charge is 2.06. The molecule has 0 rings (SSSR count). The van der Waals surface area contributed by atoms with E-state index < -0.39 is 0 Å². The summed E-state index contributed by atoms with van der Waals surface area (Å²) in [5.41, 5.74) is 1.79. The molecular weight excluding hydrogens is 212 g/mol. The van der Waals surface area contributed by atoms with E-state index in [1.807, 2.05) is 13.8 Å². The molecule has 0 spiro atoms. The molecule has 6 heteroatoms. The molecule has 0 aromatic heterocycles. The van der Waals surface area contributed by atoms with Gasteiger partial charge in [-0.3, -0.25) is 5.01 Å². The maximum Gasteiger partial charge on any atom is 0.196 e. The van der Waals surface area contributed by atoms with Gasteiger partial charge in [-0.15, -0.1) is 0 Å². The van der Waals surface area contributed by atoms with Gasteiger partial charge < -0.3 is 10.9 Å². The Balaban J connectivity index is 4.40. The second kappa shape index (κ2) is 6.36. The molecule has 0 heterocycles. The quantitative estimate of drug-likeness (QED) is 0.169. The number of aliphatic hydroxyl groups excluding tert-OH is 1. The summed E-state index contributed by atoms with van der Waals surface area (Å²) in [7, 11) is 1.66. The van der Waals surface area contributed by atoms with Gasteiger partial charge in [-0.25, -0.2) is 5.84 Å². The van der Waals surface area contributed by atoms with Crippen molar-refractivity contribution in [3.05, 3.63) is 23.5 Å². The van der Waals surface area contributed by atoms with E-state index in [-0.39, 0.29) is 5.76 Å². The van der Waals surface area contributed by atoms with Gasteiger partial charge in [-0.05, 0) is 19.4 Å². The zero-order valence-electron chi connectivity index (χ0n) is 9.32. The molecule has 86 valence electrons. The summed E-state index contributed by atoms with van der Waals surface area (Å²) in [6, 6.07) is 0. The van der Waals surface area contributed by atoms with Crippen molar-refractivity contribution in [3.63, 3.8) is 0 Å². The van der Waals surface area contributed by atoms with Gasteiger partial charge in [0.2, 0.25) is 0 Å². The normalized spacial score (nSPS) is 13.5. The average molecular weight is 230 g/mol. The Morgan fingerprint density at radius 1 is 1.53 bits per heavy atom. The molecule has 5 N–H and O–H groups in total. The fraction of sp³-hybridized carbons (Fsp3) is 0.444. The monoisotopic (exact) mass is 230 g/mol. The maximum atomic E-state index is 9.17. The highest BCUT2D eigenvalue weighted by atomic mass is 32.2. The Hall–Kier alpha value is -1.14. The molecule has 5 nitrogen and oxygen atoms in total. The fourth-order valence-corrected chi connectivity index (χ4v) is 1.60. The van der Waals surface area contributed by atoms with Crippen LogP contribution in [0.5, 0.6) is 0 Å². The van der Waals surface area contributed by atoms with Crippen molar-refractivity contribution >= 4 is 16.9 Å². The minimum atomic E-state index is 0.0837. The van der Waals surface area contributed by atoms with Crippen LogP contribution in [0.4, 0.5) is 0 Å². The van der Waals surface area contributed by atoms with Gasteiger partial charge in [0, 0.05) is 12.8 Å². The molecule has 0 amide bonds. The minimum absolute atomic E-state index is 0.0837. The summed E-state index contributed by atoms with van der Waals surface area (Å²) in [6.45, 7) is 7.18. The number of hydrazine groups is 1. The lowest BCUT2D eigenvalue weighted by atomic mass is 10.1. The third kappa shape index (κ3) is 4.75. The summed E-state index contributed by atoms with van der Waals surface area (Å²) in [5.74, 6) is 11.4. The van der Waals surface area contributed by atoms with Crippen molar-refractivity contribution in [2.75, 3.05) is 12.8 Å². The highest BCUT2D eigenvalue weighted by molar-refractivity contribution is 8.13. The van der Waals surface area contributed by atoms with Gasteiger partial charge in [-0.1, -0.05) is 23.9 Å². The topological polar surface area (TPSA) is 87.9 Å². The zero-order chi connectivity index (χ0) is 12.0. The third-order valence-electron chi connectivity index (χ3n) is 1.90. The first kappa shape index (κ1) is 13.9. The van der Waals surface area contributed by atoms with Crippen molar-refractivity contribution < 1.29 is 5.11 Å². The molecule has 0 aromatic carbocycles. The van der Waals surface area contributed by atoms with Gasteiger partial charge in [0.25, 0.3) is 0 Å². The predicted octanol–water partition coefficient (Wildman–Crippen LogP) is 1.16. The number of allylic oxidation sites excluding steroid dienone is 1. The standard InChI is InChI=1S/C9H18N4OS/c1-6(7(2)8(3)14)5-15-9(12-10)13(4)11/h14H,3,5,10-11H2,1-2,4H3/b7-6-,12-9+. The second-order valence-electron chi connectivity index (χ2n) is 3.16. The Morgan fingerprint density at radius 2 is 2.07 bits per heavy atom. The molecule has 0 saturated carbocycles. The predicted molar refractivity (Wildman–Crippen MR) is 66.2 cm³/mol. The molecule has 0 bridgehead atoms. The molecule has 0 aromatic rings. The van der Waals surface area contributed by atoms with Crippen molar-refractivity contribution in [2.24, 2.45) is 16.8 Å². The summed E-state index contributed by atoms with van der Waals surface area (Å²) >= 11 is 1.40. The second-order valence-corrected chi connectivity index (χ2v) is 4.11. The number of amidine groups is 1. The van der Waals surface area contributed by atoms with Crippen LogP contribution in [0.1, 0.15) is 13.8 Å². The number of hydrazone groups is 1. The summed E-state index contributed by atoms with van der Waals surface area (Å²) < 4.78 is 0. The van der Waals surface area contributed by atoms with Crippen molar-refractivity contribution in [1.29, 1.82) is 0 Å². The van der Waals surface area contributed by atoms with Crippen LogP contribution < -0.4 is 11.7 Å². The largest absolute Gasteiger partial charge is 0.508 e. The van der Waals surface area contributed by atoms with Crippen LogP contribution in [-0.2, 0) is 0 Å². The number of nitrogens with two attached hydrogens (primary N) is 2. The average Bonchev–Trinajstić information content (AvgIpc) is 2.16. The van der Waals surface area contributed by atoms with Gasteiger partial charge in [0.1, 0.15) is 5.76 Å². The van der Waals surface area contributed by atoms with E-state index in [9.17, 15) is 5.11 Å². The summed E-state index contributed by atoms with van der Waals surface area (Å²) in [5, 5.41) is 14.6. The lowest BCUT2D eigenvalue weighted by molar-refractivity contribution is 0.425. The van der Waals surface area contributed by atoms with Crippen LogP contribution >= 0.6 is 11.8 Å². The van der Waals surface area contributed by atoms with E-state index >= 15 is 0 Å². The van der Waals surface area contributed by atoms with E-state index in [1.54, 1.807) is 7.05 Å². The molecule has 0 fully saturated rings. The number of hydrogen-bond donors (Lipinski definition) is 3. The molecule has 0 saturated heterocycles. The van der Waals surface area contributed by atoms with E-state index in [4.69, 9.17) is 11.7 Å². The lowest BCUT2D eigenvalue weighted by Gasteiger charge is -2.13. The molecule has 0 aliphatic heterocycles. The number of rotatable bonds is 3. The summed E-state index contributed by atoms with van der Waals surface area (Å²) in [6.07, 6.45) is 0. The van der Waals surface area contributed by atoms with E-state index in [0.29, 0.717) is 10.9 Å². The van der Waals surface area contributed by atoms with Crippen molar-refractivity contribution in [3.8, 4) is 0 Å². The van der Waals surface area contributed by atoms with Crippen molar-refractivity contribution in [2.45, 2.75) is 13.8 Å². The number of thioether (sulfide) groups is 1. The van der Waals surface area contributed by atoms with Crippen LogP contribution in [0.3, 0.4) is 0 Å². The van der Waals surface area contributed by atoms with Crippen LogP contribution in [0.25, 0.3) is 0 Å². The Labute approximate surface area is 94.5 Å². The number of hydrogen-bond acceptors (Lipinski definition) is 5. The number of aliphatic hydroxyl groups is 1. The zero-order valence-corrected chi connectivity index (χ0v) is 10.1. The first-order valence-electron chi connectivity index (χ1n) is 4.33. The lowest BCUT2D eigenvalue weighted by Crippen LogP contribution is -2.32. The fourth-order valence-electron chi connectivity index (χ4n) is 0.758. The Bertz CT molecular complexity index is 296. The van der Waals surface area contributed by atoms with Crippen LogP contribution in [0.2, 0.25) is 0 Å². The molecule has 0 atom stereocenters.